The highest BCUT2D eigenvalue weighted by atomic mass is 32.2. The van der Waals surface area contributed by atoms with Gasteiger partial charge >= 0.3 is 0 Å². The van der Waals surface area contributed by atoms with Gasteiger partial charge in [0, 0.05) is 18.0 Å². The summed E-state index contributed by atoms with van der Waals surface area (Å²) in [4.78, 5) is 11.4. The summed E-state index contributed by atoms with van der Waals surface area (Å²) in [6.45, 7) is 0.571. The summed E-state index contributed by atoms with van der Waals surface area (Å²) in [5.41, 5.74) is 6.50. The lowest BCUT2D eigenvalue weighted by molar-refractivity contribution is -0.113. The van der Waals surface area contributed by atoms with Crippen molar-refractivity contribution in [1.29, 1.82) is 5.26 Å². The highest BCUT2D eigenvalue weighted by molar-refractivity contribution is 7.99. The molecule has 0 bridgehead atoms. The average Bonchev–Trinajstić information content (AvgIpc) is 2.29. The fraction of sp³-hybridized carbons (Fsp3) is 0.273. The zero-order chi connectivity index (χ0) is 11.8. The van der Waals surface area contributed by atoms with E-state index in [9.17, 15) is 4.79 Å². The molecule has 1 amide bonds. The molecule has 1 rings (SSSR count). The highest BCUT2D eigenvalue weighted by Gasteiger charge is 2.02. The first kappa shape index (κ1) is 12.6. The van der Waals surface area contributed by atoms with Crippen molar-refractivity contribution in [1.82, 2.24) is 0 Å². The molecular formula is C11H13N3OS. The molecule has 0 aliphatic heterocycles. The Bertz CT molecular complexity index is 400. The van der Waals surface area contributed by atoms with Crippen molar-refractivity contribution in [2.75, 3.05) is 23.4 Å². The van der Waals surface area contributed by atoms with E-state index in [0.29, 0.717) is 23.5 Å². The summed E-state index contributed by atoms with van der Waals surface area (Å²) in [5, 5.41) is 11.4. The molecule has 3 N–H and O–H groups in total. The normalized spacial score (nSPS) is 9.50. The van der Waals surface area contributed by atoms with Gasteiger partial charge in [0.15, 0.2) is 0 Å². The Hall–Kier alpha value is -1.51. The molecule has 0 aliphatic rings. The van der Waals surface area contributed by atoms with Crippen molar-refractivity contribution < 1.29 is 4.79 Å². The minimum Gasteiger partial charge on any atom is -0.330 e. The minimum absolute atomic E-state index is 0.0754. The van der Waals surface area contributed by atoms with Crippen molar-refractivity contribution in [3.05, 3.63) is 29.8 Å². The van der Waals surface area contributed by atoms with Crippen molar-refractivity contribution in [3.8, 4) is 6.07 Å². The van der Waals surface area contributed by atoms with Crippen molar-refractivity contribution in [3.63, 3.8) is 0 Å². The summed E-state index contributed by atoms with van der Waals surface area (Å²) in [5.74, 6) is 1.08. The third-order valence-corrected chi connectivity index (χ3v) is 2.76. The number of rotatable bonds is 5. The van der Waals surface area contributed by atoms with E-state index in [0.717, 1.165) is 5.75 Å². The number of nitrogens with two attached hydrogens (primary N) is 1. The zero-order valence-electron chi connectivity index (χ0n) is 8.77. The molecule has 4 nitrogen and oxygen atoms in total. The number of nitrogens with one attached hydrogen (secondary N) is 1. The van der Waals surface area contributed by atoms with Crippen molar-refractivity contribution in [2.24, 2.45) is 5.73 Å². The van der Waals surface area contributed by atoms with Crippen LogP contribution in [0.3, 0.4) is 0 Å². The number of hydrogen-bond donors (Lipinski definition) is 2. The number of hydrogen-bond acceptors (Lipinski definition) is 4. The molecule has 0 saturated carbocycles. The van der Waals surface area contributed by atoms with Gasteiger partial charge in [-0.25, -0.2) is 0 Å². The van der Waals surface area contributed by atoms with Crippen LogP contribution in [-0.2, 0) is 4.79 Å². The molecule has 84 valence electrons. The highest BCUT2D eigenvalue weighted by Crippen LogP contribution is 2.10. The van der Waals surface area contributed by atoms with Crippen LogP contribution >= 0.6 is 11.8 Å². The van der Waals surface area contributed by atoms with Crippen LogP contribution < -0.4 is 11.1 Å². The maximum absolute atomic E-state index is 11.4. The zero-order valence-corrected chi connectivity index (χ0v) is 9.59. The molecule has 5 heteroatoms. The summed E-state index contributed by atoms with van der Waals surface area (Å²) in [6.07, 6.45) is 0. The second-order valence-electron chi connectivity index (χ2n) is 3.08. The van der Waals surface area contributed by atoms with E-state index in [1.807, 2.05) is 6.07 Å². The number of amides is 1. The quantitative estimate of drug-likeness (QED) is 0.751. The van der Waals surface area contributed by atoms with Gasteiger partial charge < -0.3 is 11.1 Å². The second-order valence-corrected chi connectivity index (χ2v) is 4.19. The van der Waals surface area contributed by atoms with Gasteiger partial charge in [0.1, 0.15) is 0 Å². The second kappa shape index (κ2) is 6.88. The first-order valence-corrected chi connectivity index (χ1v) is 5.99. The fourth-order valence-corrected chi connectivity index (χ4v) is 1.68. The molecule has 0 atom stereocenters. The Morgan fingerprint density at radius 3 is 3.06 bits per heavy atom. The topological polar surface area (TPSA) is 78.9 Å². The van der Waals surface area contributed by atoms with E-state index in [4.69, 9.17) is 11.0 Å². The van der Waals surface area contributed by atoms with Gasteiger partial charge in [-0.2, -0.15) is 17.0 Å². The van der Waals surface area contributed by atoms with Crippen molar-refractivity contribution >= 4 is 23.4 Å². The van der Waals surface area contributed by atoms with Gasteiger partial charge in [-0.1, -0.05) is 6.07 Å². The van der Waals surface area contributed by atoms with Gasteiger partial charge in [0.05, 0.1) is 17.4 Å². The molecular weight excluding hydrogens is 222 g/mol. The SMILES string of the molecule is N#Cc1cccc(NC(=O)CSCCN)c1. The van der Waals surface area contributed by atoms with Gasteiger partial charge in [0.2, 0.25) is 5.91 Å². The smallest absolute Gasteiger partial charge is 0.234 e. The summed E-state index contributed by atoms with van der Waals surface area (Å²) >= 11 is 1.49. The van der Waals surface area contributed by atoms with E-state index in [1.165, 1.54) is 11.8 Å². The monoisotopic (exact) mass is 235 g/mol. The number of thioether (sulfide) groups is 1. The summed E-state index contributed by atoms with van der Waals surface area (Å²) < 4.78 is 0. The lowest BCUT2D eigenvalue weighted by atomic mass is 10.2. The lowest BCUT2D eigenvalue weighted by Gasteiger charge is -2.04. The van der Waals surface area contributed by atoms with Gasteiger partial charge in [-0.05, 0) is 18.2 Å². The number of benzene rings is 1. The van der Waals surface area contributed by atoms with E-state index in [1.54, 1.807) is 24.3 Å². The van der Waals surface area contributed by atoms with Crippen LogP contribution in [0.2, 0.25) is 0 Å². The molecule has 0 radical (unpaired) electrons. The largest absolute Gasteiger partial charge is 0.330 e. The lowest BCUT2D eigenvalue weighted by Crippen LogP contribution is -2.15. The Labute approximate surface area is 98.8 Å². The Morgan fingerprint density at radius 1 is 1.56 bits per heavy atom. The predicted molar refractivity (Wildman–Crippen MR) is 66.2 cm³/mol. The van der Waals surface area contributed by atoms with E-state index >= 15 is 0 Å². The predicted octanol–water partition coefficient (Wildman–Crippen LogP) is 1.19. The molecule has 0 aliphatic carbocycles. The molecule has 1 aromatic carbocycles. The van der Waals surface area contributed by atoms with Gasteiger partial charge in [0.25, 0.3) is 0 Å². The van der Waals surface area contributed by atoms with Crippen LogP contribution in [0, 0.1) is 11.3 Å². The Kier molecular flexibility index (Phi) is 5.40. The first-order valence-electron chi connectivity index (χ1n) is 4.84. The maximum Gasteiger partial charge on any atom is 0.234 e. The Balaban J connectivity index is 2.47. The van der Waals surface area contributed by atoms with Crippen LogP contribution in [0.15, 0.2) is 24.3 Å². The molecule has 0 aromatic heterocycles. The molecule has 0 heterocycles. The number of carbonyl (C=O) groups excluding carboxylic acids is 1. The van der Waals surface area contributed by atoms with Crippen LogP contribution in [0.25, 0.3) is 0 Å². The van der Waals surface area contributed by atoms with Crippen molar-refractivity contribution in [2.45, 2.75) is 0 Å². The maximum atomic E-state index is 11.4. The van der Waals surface area contributed by atoms with Crippen LogP contribution in [-0.4, -0.2) is 24.0 Å². The third kappa shape index (κ3) is 4.34. The van der Waals surface area contributed by atoms with E-state index in [2.05, 4.69) is 5.32 Å². The van der Waals surface area contributed by atoms with E-state index < -0.39 is 0 Å². The molecule has 0 unspecified atom stereocenters. The van der Waals surface area contributed by atoms with Crippen LogP contribution in [0.5, 0.6) is 0 Å². The third-order valence-electron chi connectivity index (χ3n) is 1.77. The molecule has 16 heavy (non-hydrogen) atoms. The molecule has 0 fully saturated rings. The number of carbonyl (C=O) groups is 1. The van der Waals surface area contributed by atoms with Gasteiger partial charge in [-0.3, -0.25) is 4.79 Å². The average molecular weight is 235 g/mol. The van der Waals surface area contributed by atoms with Crippen LogP contribution in [0.1, 0.15) is 5.56 Å². The van der Waals surface area contributed by atoms with E-state index in [-0.39, 0.29) is 5.91 Å². The number of nitrogens with zero attached hydrogens (tertiary/aromatic N) is 1. The number of nitriles is 1. The van der Waals surface area contributed by atoms with Crippen LogP contribution in [0.4, 0.5) is 5.69 Å². The fourth-order valence-electron chi connectivity index (χ4n) is 1.11. The van der Waals surface area contributed by atoms with Gasteiger partial charge in [-0.15, -0.1) is 0 Å². The molecule has 0 saturated heterocycles. The molecule has 0 spiro atoms. The number of anilines is 1. The molecule has 1 aromatic rings. The first-order chi connectivity index (χ1) is 7.76. The minimum atomic E-state index is -0.0754. The standard InChI is InChI=1S/C11H13N3OS/c12-4-5-16-8-11(15)14-10-3-1-2-9(6-10)7-13/h1-3,6H,4-5,8,12H2,(H,14,15). The summed E-state index contributed by atoms with van der Waals surface area (Å²) in [6, 6.07) is 8.85. The Morgan fingerprint density at radius 2 is 2.38 bits per heavy atom. The summed E-state index contributed by atoms with van der Waals surface area (Å²) in [7, 11) is 0.